The molecule has 4 saturated carbocycles. The van der Waals surface area contributed by atoms with Crippen LogP contribution in [-0.4, -0.2) is 34.7 Å². The van der Waals surface area contributed by atoms with E-state index in [-0.39, 0.29) is 16.9 Å². The van der Waals surface area contributed by atoms with Crippen LogP contribution in [0.25, 0.3) is 0 Å². The Morgan fingerprint density at radius 3 is 2.28 bits per heavy atom. The third-order valence-corrected chi connectivity index (χ3v) is 9.61. The van der Waals surface area contributed by atoms with E-state index in [0.717, 1.165) is 30.6 Å². The van der Waals surface area contributed by atoms with Gasteiger partial charge in [0.15, 0.2) is 0 Å². The molecule has 7 nitrogen and oxygen atoms in total. The molecule has 0 amide bonds. The molecule has 0 aromatic heterocycles. The second-order valence-electron chi connectivity index (χ2n) is 11.7. The summed E-state index contributed by atoms with van der Waals surface area (Å²) in [6.45, 7) is 2.01. The van der Waals surface area contributed by atoms with Gasteiger partial charge in [0.1, 0.15) is 11.4 Å². The number of hydrogen-bond donors (Lipinski definition) is 1. The molecular weight excluding hydrogens is 510 g/mol. The zero-order valence-electron chi connectivity index (χ0n) is 21.4. The maximum absolute atomic E-state index is 14.4. The van der Waals surface area contributed by atoms with Gasteiger partial charge in [0.05, 0.1) is 5.56 Å². The number of esters is 1. The van der Waals surface area contributed by atoms with Gasteiger partial charge in [-0.05, 0) is 98.4 Å². The molecule has 8 atom stereocenters. The number of carbonyl (C=O) groups is 3. The van der Waals surface area contributed by atoms with Crippen LogP contribution in [0.1, 0.15) is 61.1 Å². The van der Waals surface area contributed by atoms with E-state index in [9.17, 15) is 23.2 Å². The second-order valence-corrected chi connectivity index (χ2v) is 11.7. The van der Waals surface area contributed by atoms with Crippen LogP contribution >= 0.6 is 0 Å². The van der Waals surface area contributed by atoms with Crippen molar-refractivity contribution in [2.75, 3.05) is 0 Å². The van der Waals surface area contributed by atoms with E-state index in [1.807, 2.05) is 6.92 Å². The zero-order chi connectivity index (χ0) is 27.5. The minimum atomic E-state index is -4.35. The molecule has 6 rings (SSSR count). The van der Waals surface area contributed by atoms with Crippen LogP contribution < -0.4 is 4.74 Å². The molecule has 0 radical (unpaired) electrons. The number of ether oxygens (including phenoxy) is 3. The van der Waals surface area contributed by atoms with Gasteiger partial charge >= 0.3 is 24.0 Å². The van der Waals surface area contributed by atoms with Crippen molar-refractivity contribution in [2.24, 2.45) is 35.5 Å². The maximum Gasteiger partial charge on any atom is 0.514 e. The van der Waals surface area contributed by atoms with Crippen molar-refractivity contribution >= 4 is 18.1 Å². The van der Waals surface area contributed by atoms with Gasteiger partial charge in [-0.15, -0.1) is 0 Å². The molecule has 4 bridgehead atoms. The van der Waals surface area contributed by atoms with Crippen LogP contribution in [0.15, 0.2) is 54.6 Å². The average molecular weight is 541 g/mol. The first-order chi connectivity index (χ1) is 18.6. The van der Waals surface area contributed by atoms with Crippen LogP contribution in [-0.2, 0) is 14.3 Å². The lowest BCUT2D eigenvalue weighted by molar-refractivity contribution is -0.183. The normalized spacial score (nSPS) is 32.9. The highest BCUT2D eigenvalue weighted by Gasteiger charge is 2.67. The fraction of sp³-hybridized carbons (Fsp3) is 0.500. The number of fused-ring (bicyclic) bond motifs is 9. The summed E-state index contributed by atoms with van der Waals surface area (Å²) in [7, 11) is 0. The van der Waals surface area contributed by atoms with Crippen LogP contribution in [0.3, 0.4) is 0 Å². The number of alkyl halides is 2. The molecule has 1 N–H and O–H groups in total. The lowest BCUT2D eigenvalue weighted by atomic mass is 9.66. The monoisotopic (exact) mass is 540 g/mol. The third-order valence-electron chi connectivity index (χ3n) is 9.61. The number of carboxylic acid groups (broad SMARTS) is 1. The number of carbonyl (C=O) groups excluding carboxylic acids is 2. The summed E-state index contributed by atoms with van der Waals surface area (Å²) < 4.78 is 45.0. The van der Waals surface area contributed by atoms with Gasteiger partial charge in [0.2, 0.25) is 6.10 Å². The minimum Gasteiger partial charge on any atom is -0.477 e. The Bertz CT molecular complexity index is 1280. The Morgan fingerprint density at radius 2 is 1.62 bits per heavy atom. The first-order valence-corrected chi connectivity index (χ1v) is 13.4. The van der Waals surface area contributed by atoms with E-state index in [1.165, 1.54) is 67.8 Å². The number of rotatable bonds is 7. The van der Waals surface area contributed by atoms with Crippen molar-refractivity contribution in [3.8, 4) is 5.75 Å². The lowest BCUT2D eigenvalue weighted by Crippen LogP contribution is -2.46. The summed E-state index contributed by atoms with van der Waals surface area (Å²) in [4.78, 5) is 36.5. The topological polar surface area (TPSA) is 99.1 Å². The lowest BCUT2D eigenvalue weighted by Gasteiger charge is -2.43. The molecule has 4 fully saturated rings. The number of carboxylic acids is 1. The molecule has 0 heterocycles. The SMILES string of the molecule is CC1(OC(=O)Oc2ccc(C(=O)OC(c3ccccc3)C(F)(F)C(=O)O)cc2)CC2CC1C1C3CCC(C3)C21. The van der Waals surface area contributed by atoms with Crippen molar-refractivity contribution in [1.82, 2.24) is 0 Å². The molecule has 206 valence electrons. The zero-order valence-corrected chi connectivity index (χ0v) is 21.4. The van der Waals surface area contributed by atoms with Gasteiger partial charge in [-0.25, -0.2) is 14.4 Å². The first kappa shape index (κ1) is 25.8. The number of halogens is 2. The Morgan fingerprint density at radius 1 is 0.949 bits per heavy atom. The highest BCUT2D eigenvalue weighted by molar-refractivity contribution is 5.90. The first-order valence-electron chi connectivity index (χ1n) is 13.4. The summed E-state index contributed by atoms with van der Waals surface area (Å²) in [5, 5.41) is 9.00. The van der Waals surface area contributed by atoms with E-state index in [0.29, 0.717) is 17.8 Å². The smallest absolute Gasteiger partial charge is 0.477 e. The van der Waals surface area contributed by atoms with Crippen molar-refractivity contribution < 1.29 is 42.5 Å². The molecule has 39 heavy (non-hydrogen) atoms. The van der Waals surface area contributed by atoms with Crippen LogP contribution in [0.4, 0.5) is 13.6 Å². The fourth-order valence-corrected chi connectivity index (χ4v) is 8.21. The maximum atomic E-state index is 14.4. The van der Waals surface area contributed by atoms with Gasteiger partial charge in [-0.3, -0.25) is 0 Å². The Hall–Kier alpha value is -3.49. The molecule has 0 spiro atoms. The van der Waals surface area contributed by atoms with Crippen molar-refractivity contribution in [3.05, 3.63) is 65.7 Å². The second kappa shape index (κ2) is 9.31. The molecule has 4 aliphatic rings. The van der Waals surface area contributed by atoms with Crippen molar-refractivity contribution in [1.29, 1.82) is 0 Å². The third kappa shape index (κ3) is 4.36. The number of aliphatic carboxylic acids is 1. The molecule has 2 aromatic rings. The van der Waals surface area contributed by atoms with Crippen molar-refractivity contribution in [2.45, 2.75) is 56.7 Å². The predicted molar refractivity (Wildman–Crippen MR) is 133 cm³/mol. The van der Waals surface area contributed by atoms with E-state index >= 15 is 0 Å². The Balaban J connectivity index is 1.09. The molecule has 2 aromatic carbocycles. The quantitative estimate of drug-likeness (QED) is 0.251. The number of hydrogen-bond acceptors (Lipinski definition) is 6. The molecule has 9 heteroatoms. The van der Waals surface area contributed by atoms with Gasteiger partial charge in [0.25, 0.3) is 0 Å². The molecule has 0 saturated heterocycles. The van der Waals surface area contributed by atoms with Crippen LogP contribution in [0.2, 0.25) is 0 Å². The van der Waals surface area contributed by atoms with Crippen LogP contribution in [0.5, 0.6) is 5.75 Å². The summed E-state index contributed by atoms with van der Waals surface area (Å²) in [6.07, 6.45) is 2.76. The van der Waals surface area contributed by atoms with E-state index in [1.54, 1.807) is 6.07 Å². The Labute approximate surface area is 224 Å². The van der Waals surface area contributed by atoms with E-state index in [2.05, 4.69) is 0 Å². The fourth-order valence-electron chi connectivity index (χ4n) is 8.21. The van der Waals surface area contributed by atoms with E-state index < -0.39 is 35.7 Å². The molecule has 4 aliphatic carbocycles. The summed E-state index contributed by atoms with van der Waals surface area (Å²) in [5.41, 5.74) is -0.828. The minimum absolute atomic E-state index is 0.111. The summed E-state index contributed by atoms with van der Waals surface area (Å²) in [6, 6.07) is 12.1. The van der Waals surface area contributed by atoms with Gasteiger partial charge < -0.3 is 19.3 Å². The van der Waals surface area contributed by atoms with Gasteiger partial charge in [-0.1, -0.05) is 30.3 Å². The standard InChI is InChI=1S/C30H30F2O7/c1-29(15-20-14-22(29)24-19-8-7-18(13-19)23(20)24)39-28(36)37-21-11-9-17(10-12-21)26(33)38-25(30(31,32)27(34)35)16-5-3-2-4-6-16/h2-6,9-12,18-20,22-25H,7-8,13-15H2,1H3,(H,34,35). The largest absolute Gasteiger partial charge is 0.514 e. The average Bonchev–Trinajstić information content (AvgIpc) is 3.67. The Kier molecular flexibility index (Phi) is 6.15. The van der Waals surface area contributed by atoms with Gasteiger partial charge in [0, 0.05) is 5.92 Å². The molecule has 8 unspecified atom stereocenters. The molecular formula is C30H30F2O7. The molecule has 0 aliphatic heterocycles. The highest BCUT2D eigenvalue weighted by atomic mass is 19.3. The van der Waals surface area contributed by atoms with Crippen LogP contribution in [0, 0.1) is 35.5 Å². The van der Waals surface area contributed by atoms with Crippen molar-refractivity contribution in [3.63, 3.8) is 0 Å². The number of benzene rings is 2. The van der Waals surface area contributed by atoms with E-state index in [4.69, 9.17) is 19.3 Å². The summed E-state index contributed by atoms with van der Waals surface area (Å²) in [5.74, 6) is -3.81. The predicted octanol–water partition coefficient (Wildman–Crippen LogP) is 6.28. The van der Waals surface area contributed by atoms with Gasteiger partial charge in [-0.2, -0.15) is 8.78 Å². The summed E-state index contributed by atoms with van der Waals surface area (Å²) >= 11 is 0. The highest BCUT2D eigenvalue weighted by Crippen LogP contribution is 2.70.